The molecule has 0 N–H and O–H groups in total. The van der Waals surface area contributed by atoms with Gasteiger partial charge in [-0.2, -0.15) is 0 Å². The van der Waals surface area contributed by atoms with Gasteiger partial charge in [0.1, 0.15) is 19.4 Å². The molecule has 12 heavy (non-hydrogen) atoms. The van der Waals surface area contributed by atoms with Gasteiger partial charge >= 0.3 is 0 Å². The van der Waals surface area contributed by atoms with E-state index in [1.54, 1.807) is 6.07 Å². The third-order valence-electron chi connectivity index (χ3n) is 1.27. The molecule has 0 saturated heterocycles. The summed E-state index contributed by atoms with van der Waals surface area (Å²) in [6, 6.07) is 4.17. The number of rotatable bonds is 2. The molecule has 0 aromatic heterocycles. The summed E-state index contributed by atoms with van der Waals surface area (Å²) < 4.78 is 18.0. The largest absolute Gasteiger partial charge is 0.491 e. The van der Waals surface area contributed by atoms with E-state index in [2.05, 4.69) is 0 Å². The van der Waals surface area contributed by atoms with Gasteiger partial charge in [-0.05, 0) is 26.0 Å². The molecular weight excluding hydrogens is 154 g/mol. The summed E-state index contributed by atoms with van der Waals surface area (Å²) in [5, 5.41) is 0. The van der Waals surface area contributed by atoms with E-state index >= 15 is 0 Å². The van der Waals surface area contributed by atoms with Crippen molar-refractivity contribution in [2.24, 2.45) is 0 Å². The van der Waals surface area contributed by atoms with Crippen LogP contribution in [0.15, 0.2) is 18.2 Å². The van der Waals surface area contributed by atoms with Gasteiger partial charge in [0.25, 0.3) is 0 Å². The van der Waals surface area contributed by atoms with E-state index in [9.17, 15) is 4.39 Å². The fraction of sp³-hybridized carbons (Fsp3) is 0.333. The second-order valence-electron chi connectivity index (χ2n) is 2.89. The predicted molar refractivity (Wildman–Crippen MR) is 47.6 cm³/mol. The van der Waals surface area contributed by atoms with Gasteiger partial charge in [0.15, 0.2) is 0 Å². The molecule has 0 aliphatic heterocycles. The van der Waals surface area contributed by atoms with Crippen LogP contribution < -0.4 is 10.2 Å². The molecule has 0 bridgehead atoms. The van der Waals surface area contributed by atoms with Gasteiger partial charge in [0.2, 0.25) is 0 Å². The van der Waals surface area contributed by atoms with Crippen LogP contribution in [0.3, 0.4) is 0 Å². The summed E-state index contributed by atoms with van der Waals surface area (Å²) in [5.41, 5.74) is 0.380. The van der Waals surface area contributed by atoms with E-state index in [1.165, 1.54) is 12.1 Å². The number of halogens is 1. The fourth-order valence-corrected chi connectivity index (χ4v) is 0.925. The Morgan fingerprint density at radius 3 is 2.50 bits per heavy atom. The van der Waals surface area contributed by atoms with Crippen LogP contribution in [-0.4, -0.2) is 14.0 Å². The van der Waals surface area contributed by atoms with Gasteiger partial charge in [-0.25, -0.2) is 4.39 Å². The summed E-state index contributed by atoms with van der Waals surface area (Å²) >= 11 is 0. The first kappa shape index (κ1) is 9.11. The van der Waals surface area contributed by atoms with Crippen LogP contribution in [0.1, 0.15) is 13.8 Å². The van der Waals surface area contributed by atoms with Crippen LogP contribution >= 0.6 is 0 Å². The molecule has 2 radical (unpaired) electrons. The van der Waals surface area contributed by atoms with Crippen LogP contribution in [0.5, 0.6) is 5.75 Å². The smallest absolute Gasteiger partial charge is 0.126 e. The summed E-state index contributed by atoms with van der Waals surface area (Å²) in [6.07, 6.45) is 0.0335. The van der Waals surface area contributed by atoms with Crippen molar-refractivity contribution in [1.29, 1.82) is 0 Å². The summed E-state index contributed by atoms with van der Waals surface area (Å²) in [5.74, 6) is 0.105. The van der Waals surface area contributed by atoms with Crippen molar-refractivity contribution in [3.05, 3.63) is 24.0 Å². The standard InChI is InChI=1S/C9H10BFO/c1-6(2)12-9-4-7(10)3-8(11)5-9/h3-6H,1-2H3. The number of hydrogen-bond donors (Lipinski definition) is 0. The molecule has 0 saturated carbocycles. The van der Waals surface area contributed by atoms with Crippen molar-refractivity contribution < 1.29 is 9.13 Å². The minimum Gasteiger partial charge on any atom is -0.491 e. The summed E-state index contributed by atoms with van der Waals surface area (Å²) in [4.78, 5) is 0. The Hall–Kier alpha value is -0.985. The van der Waals surface area contributed by atoms with Crippen molar-refractivity contribution >= 4 is 13.3 Å². The third-order valence-corrected chi connectivity index (χ3v) is 1.27. The Morgan fingerprint density at radius 1 is 1.33 bits per heavy atom. The molecule has 0 amide bonds. The lowest BCUT2D eigenvalue weighted by atomic mass is 9.96. The normalized spacial score (nSPS) is 10.3. The third kappa shape index (κ3) is 2.57. The summed E-state index contributed by atoms with van der Waals surface area (Å²) in [7, 11) is 5.42. The molecule has 0 unspecified atom stereocenters. The number of benzene rings is 1. The Kier molecular flexibility index (Phi) is 2.74. The first-order chi connectivity index (χ1) is 5.58. The lowest BCUT2D eigenvalue weighted by molar-refractivity contribution is 0.241. The molecule has 3 heteroatoms. The van der Waals surface area contributed by atoms with Crippen LogP contribution in [0.4, 0.5) is 4.39 Å². The molecule has 0 aliphatic rings. The van der Waals surface area contributed by atoms with E-state index in [4.69, 9.17) is 12.6 Å². The maximum absolute atomic E-state index is 12.7. The zero-order chi connectivity index (χ0) is 9.14. The minimum absolute atomic E-state index is 0.0335. The van der Waals surface area contributed by atoms with E-state index in [0.29, 0.717) is 11.2 Å². The molecule has 0 atom stereocenters. The second-order valence-corrected chi connectivity index (χ2v) is 2.89. The van der Waals surface area contributed by atoms with Gasteiger partial charge in [0, 0.05) is 6.07 Å². The molecule has 0 heterocycles. The number of ether oxygens (including phenoxy) is 1. The average molecular weight is 164 g/mol. The average Bonchev–Trinajstić information content (AvgIpc) is 1.81. The summed E-state index contributed by atoms with van der Waals surface area (Å²) in [6.45, 7) is 3.75. The maximum atomic E-state index is 12.7. The van der Waals surface area contributed by atoms with Gasteiger partial charge in [-0.3, -0.25) is 0 Å². The van der Waals surface area contributed by atoms with Crippen LogP contribution in [0.2, 0.25) is 0 Å². The molecule has 0 fully saturated rings. The van der Waals surface area contributed by atoms with Crippen LogP contribution in [-0.2, 0) is 0 Å². The molecule has 0 aliphatic carbocycles. The topological polar surface area (TPSA) is 9.23 Å². The fourth-order valence-electron chi connectivity index (χ4n) is 0.925. The second kappa shape index (κ2) is 3.61. The van der Waals surface area contributed by atoms with E-state index in [-0.39, 0.29) is 11.9 Å². The molecule has 1 aromatic rings. The first-order valence-corrected chi connectivity index (χ1v) is 3.80. The van der Waals surface area contributed by atoms with Gasteiger partial charge in [-0.1, -0.05) is 5.46 Å². The highest BCUT2D eigenvalue weighted by atomic mass is 19.1. The van der Waals surface area contributed by atoms with E-state index in [1.807, 2.05) is 13.8 Å². The van der Waals surface area contributed by atoms with Crippen LogP contribution in [0.25, 0.3) is 0 Å². The molecule has 62 valence electrons. The lowest BCUT2D eigenvalue weighted by Gasteiger charge is -2.10. The molecule has 1 aromatic carbocycles. The molecule has 1 rings (SSSR count). The zero-order valence-electron chi connectivity index (χ0n) is 7.17. The Morgan fingerprint density at radius 2 is 2.00 bits per heavy atom. The van der Waals surface area contributed by atoms with Crippen molar-refractivity contribution in [1.82, 2.24) is 0 Å². The van der Waals surface area contributed by atoms with Crippen molar-refractivity contribution in [2.75, 3.05) is 0 Å². The van der Waals surface area contributed by atoms with Gasteiger partial charge < -0.3 is 4.74 Å². The highest BCUT2D eigenvalue weighted by molar-refractivity contribution is 6.32. The van der Waals surface area contributed by atoms with E-state index in [0.717, 1.165) is 0 Å². The molecule has 0 spiro atoms. The quantitative estimate of drug-likeness (QED) is 0.600. The number of hydrogen-bond acceptors (Lipinski definition) is 1. The highest BCUT2D eigenvalue weighted by Gasteiger charge is 2.00. The van der Waals surface area contributed by atoms with Crippen LogP contribution in [0, 0.1) is 5.82 Å². The Labute approximate surface area is 73.0 Å². The Bertz CT molecular complexity index is 253. The minimum atomic E-state index is -0.370. The zero-order valence-corrected chi connectivity index (χ0v) is 7.17. The maximum Gasteiger partial charge on any atom is 0.126 e. The SMILES string of the molecule is [B]c1cc(F)cc(OC(C)C)c1. The first-order valence-electron chi connectivity index (χ1n) is 3.80. The lowest BCUT2D eigenvalue weighted by Crippen LogP contribution is -2.09. The highest BCUT2D eigenvalue weighted by Crippen LogP contribution is 2.11. The van der Waals surface area contributed by atoms with Gasteiger partial charge in [0.05, 0.1) is 6.10 Å². The van der Waals surface area contributed by atoms with Crippen molar-refractivity contribution in [3.8, 4) is 5.75 Å². The molecular formula is C9H10BFO. The monoisotopic (exact) mass is 164 g/mol. The van der Waals surface area contributed by atoms with Crippen molar-refractivity contribution in [2.45, 2.75) is 20.0 Å². The Balaban J connectivity index is 2.85. The van der Waals surface area contributed by atoms with Crippen molar-refractivity contribution in [3.63, 3.8) is 0 Å². The molecule has 1 nitrogen and oxygen atoms in total. The predicted octanol–water partition coefficient (Wildman–Crippen LogP) is 1.41. The van der Waals surface area contributed by atoms with E-state index < -0.39 is 0 Å². The van der Waals surface area contributed by atoms with Gasteiger partial charge in [-0.15, -0.1) is 0 Å².